The highest BCUT2D eigenvalue weighted by Crippen LogP contribution is 2.41. The van der Waals surface area contributed by atoms with Crippen LogP contribution in [0.15, 0.2) is 75.8 Å². The number of nitrogens with zero attached hydrogens (tertiary/aromatic N) is 2. The summed E-state index contributed by atoms with van der Waals surface area (Å²) in [4.78, 5) is 12.8. The van der Waals surface area contributed by atoms with Crippen LogP contribution in [0.5, 0.6) is 11.5 Å². The van der Waals surface area contributed by atoms with Gasteiger partial charge in [0.25, 0.3) is 16.0 Å². The van der Waals surface area contributed by atoms with Crippen LogP contribution in [0.1, 0.15) is 22.8 Å². The molecule has 0 bridgehead atoms. The predicted octanol–water partition coefficient (Wildman–Crippen LogP) is 7.47. The summed E-state index contributed by atoms with van der Waals surface area (Å²) in [6, 6.07) is 16.0. The van der Waals surface area contributed by atoms with Crippen molar-refractivity contribution >= 4 is 67.1 Å². The number of hydrogen-bond acceptors (Lipinski definition) is 7. The Morgan fingerprint density at radius 3 is 2.45 bits per heavy atom. The van der Waals surface area contributed by atoms with Crippen LogP contribution in [0.3, 0.4) is 0 Å². The van der Waals surface area contributed by atoms with Crippen LogP contribution < -0.4 is 10.1 Å². The van der Waals surface area contributed by atoms with Crippen LogP contribution in [0.2, 0.25) is 10.0 Å². The van der Waals surface area contributed by atoms with Gasteiger partial charge in [0.15, 0.2) is 5.75 Å². The SMILES string of the molecule is CCOc1cccc(Cl)c1NC(=O)c1cc2ccccc2c(N=Nc2cc(C)c(S(=O)(=O)O)c(Cl)c2)c1O. The van der Waals surface area contributed by atoms with Gasteiger partial charge < -0.3 is 15.2 Å². The summed E-state index contributed by atoms with van der Waals surface area (Å²) >= 11 is 12.3. The lowest BCUT2D eigenvalue weighted by Crippen LogP contribution is -2.14. The van der Waals surface area contributed by atoms with Gasteiger partial charge in [0, 0.05) is 5.39 Å². The molecule has 3 N–H and O–H groups in total. The fourth-order valence-corrected chi connectivity index (χ4v) is 5.42. The number of carbonyl (C=O) groups is 1. The Bertz CT molecular complexity index is 1680. The standard InChI is InChI=1S/C26H21Cl2N3O6S/c1-3-37-21-10-6-9-19(27)23(21)29-26(33)18-12-15-7-4-5-8-17(15)22(24(18)32)31-30-16-11-14(2)25(20(28)13-16)38(34,35)36/h4-13,32H,3H2,1-2H3,(H,29,33)(H,34,35,36). The minimum absolute atomic E-state index is 0.00470. The zero-order chi connectivity index (χ0) is 27.6. The zero-order valence-corrected chi connectivity index (χ0v) is 22.4. The number of phenols is 1. The Labute approximate surface area is 228 Å². The second-order valence-electron chi connectivity index (χ2n) is 8.09. The first-order chi connectivity index (χ1) is 18.0. The van der Waals surface area contributed by atoms with Crippen molar-refractivity contribution in [1.29, 1.82) is 0 Å². The van der Waals surface area contributed by atoms with E-state index in [4.69, 9.17) is 27.9 Å². The molecule has 0 fully saturated rings. The van der Waals surface area contributed by atoms with Gasteiger partial charge in [-0.2, -0.15) is 13.5 Å². The lowest BCUT2D eigenvalue weighted by Gasteiger charge is -2.15. The topological polar surface area (TPSA) is 138 Å². The number of azo groups is 1. The number of carbonyl (C=O) groups excluding carboxylic acids is 1. The predicted molar refractivity (Wildman–Crippen MR) is 146 cm³/mol. The number of aryl methyl sites for hydroxylation is 1. The number of amides is 1. The first-order valence-electron chi connectivity index (χ1n) is 11.2. The molecule has 9 nitrogen and oxygen atoms in total. The van der Waals surface area contributed by atoms with E-state index < -0.39 is 26.7 Å². The lowest BCUT2D eigenvalue weighted by atomic mass is 10.0. The molecule has 4 aromatic rings. The van der Waals surface area contributed by atoms with Crippen molar-refractivity contribution < 1.29 is 27.6 Å². The Kier molecular flexibility index (Phi) is 7.89. The van der Waals surface area contributed by atoms with Crippen LogP contribution in [-0.2, 0) is 10.1 Å². The van der Waals surface area contributed by atoms with Crippen molar-refractivity contribution in [2.45, 2.75) is 18.7 Å². The van der Waals surface area contributed by atoms with Gasteiger partial charge in [-0.3, -0.25) is 9.35 Å². The highest BCUT2D eigenvalue weighted by atomic mass is 35.5. The molecule has 0 saturated carbocycles. The van der Waals surface area contributed by atoms with Crippen molar-refractivity contribution in [3.63, 3.8) is 0 Å². The summed E-state index contributed by atoms with van der Waals surface area (Å²) in [5.74, 6) is -0.725. The van der Waals surface area contributed by atoms with E-state index in [9.17, 15) is 22.9 Å². The van der Waals surface area contributed by atoms with E-state index in [2.05, 4.69) is 15.5 Å². The van der Waals surface area contributed by atoms with Gasteiger partial charge in [-0.05, 0) is 55.1 Å². The Hall–Kier alpha value is -3.70. The Balaban J connectivity index is 1.79. The van der Waals surface area contributed by atoms with Crippen LogP contribution >= 0.6 is 23.2 Å². The maximum Gasteiger partial charge on any atom is 0.296 e. The monoisotopic (exact) mass is 573 g/mol. The highest BCUT2D eigenvalue weighted by molar-refractivity contribution is 7.86. The summed E-state index contributed by atoms with van der Waals surface area (Å²) in [6.45, 7) is 3.59. The largest absolute Gasteiger partial charge is 0.505 e. The second kappa shape index (κ2) is 11.0. The molecule has 0 aromatic heterocycles. The average molecular weight is 574 g/mol. The molecule has 0 unspecified atom stereocenters. The van der Waals surface area contributed by atoms with E-state index in [1.54, 1.807) is 49.4 Å². The quantitative estimate of drug-likeness (QED) is 0.155. The Morgan fingerprint density at radius 2 is 1.76 bits per heavy atom. The molecule has 0 saturated heterocycles. The molecular weight excluding hydrogens is 553 g/mol. The van der Waals surface area contributed by atoms with Crippen LogP contribution in [0.4, 0.5) is 17.1 Å². The van der Waals surface area contributed by atoms with Gasteiger partial charge in [-0.1, -0.05) is 53.5 Å². The highest BCUT2D eigenvalue weighted by Gasteiger charge is 2.22. The number of phenolic OH excluding ortho intramolecular Hbond substituents is 1. The summed E-state index contributed by atoms with van der Waals surface area (Å²) in [6.07, 6.45) is 0. The number of anilines is 1. The molecule has 0 heterocycles. The van der Waals surface area contributed by atoms with E-state index in [0.717, 1.165) is 0 Å². The Morgan fingerprint density at radius 1 is 1.03 bits per heavy atom. The molecule has 0 atom stereocenters. The van der Waals surface area contributed by atoms with E-state index in [0.29, 0.717) is 23.1 Å². The molecule has 0 radical (unpaired) electrons. The third-order valence-corrected chi connectivity index (χ3v) is 7.27. The molecular formula is C26H21Cl2N3O6S. The smallest absolute Gasteiger partial charge is 0.296 e. The first kappa shape index (κ1) is 27.3. The number of halogens is 2. The number of benzene rings is 4. The maximum atomic E-state index is 13.3. The molecule has 38 heavy (non-hydrogen) atoms. The van der Waals surface area contributed by atoms with Gasteiger partial charge in [0.2, 0.25) is 0 Å². The second-order valence-corrected chi connectivity index (χ2v) is 10.3. The van der Waals surface area contributed by atoms with Gasteiger partial charge >= 0.3 is 0 Å². The van der Waals surface area contributed by atoms with Crippen LogP contribution in [-0.4, -0.2) is 30.6 Å². The third-order valence-electron chi connectivity index (χ3n) is 5.49. The van der Waals surface area contributed by atoms with Gasteiger partial charge in [0.1, 0.15) is 22.0 Å². The molecule has 0 spiro atoms. The number of para-hydroxylation sites is 1. The number of fused-ring (bicyclic) bond motifs is 1. The number of nitrogens with one attached hydrogen (secondary N) is 1. The minimum atomic E-state index is -4.54. The van der Waals surface area contributed by atoms with Crippen molar-refractivity contribution in [1.82, 2.24) is 0 Å². The zero-order valence-electron chi connectivity index (χ0n) is 20.1. The van der Waals surface area contributed by atoms with Crippen molar-refractivity contribution in [2.75, 3.05) is 11.9 Å². The summed E-state index contributed by atoms with van der Waals surface area (Å²) in [7, 11) is -4.54. The van der Waals surface area contributed by atoms with Gasteiger partial charge in [-0.15, -0.1) is 5.11 Å². The molecule has 12 heteroatoms. The van der Waals surface area contributed by atoms with Crippen molar-refractivity contribution in [2.24, 2.45) is 10.2 Å². The normalized spacial score (nSPS) is 11.7. The van der Waals surface area contributed by atoms with Crippen molar-refractivity contribution in [3.8, 4) is 11.5 Å². The lowest BCUT2D eigenvalue weighted by molar-refractivity contribution is 0.102. The third kappa shape index (κ3) is 5.58. The molecule has 4 aromatic carbocycles. The molecule has 196 valence electrons. The van der Waals surface area contributed by atoms with E-state index in [-0.39, 0.29) is 38.2 Å². The van der Waals surface area contributed by atoms with E-state index in [1.165, 1.54) is 25.1 Å². The fourth-order valence-electron chi connectivity index (χ4n) is 3.88. The van der Waals surface area contributed by atoms with Gasteiger partial charge in [0.05, 0.1) is 27.9 Å². The summed E-state index contributed by atoms with van der Waals surface area (Å²) in [5, 5.41) is 23.2. The average Bonchev–Trinajstić information content (AvgIpc) is 2.84. The number of rotatable bonds is 7. The van der Waals surface area contributed by atoms with Crippen LogP contribution in [0, 0.1) is 6.92 Å². The summed E-state index contributed by atoms with van der Waals surface area (Å²) < 4.78 is 38.2. The van der Waals surface area contributed by atoms with E-state index in [1.807, 2.05) is 0 Å². The molecule has 0 aliphatic carbocycles. The van der Waals surface area contributed by atoms with E-state index >= 15 is 0 Å². The van der Waals surface area contributed by atoms with Crippen LogP contribution in [0.25, 0.3) is 10.8 Å². The fraction of sp³-hybridized carbons (Fsp3) is 0.115. The molecule has 1 amide bonds. The first-order valence-corrected chi connectivity index (χ1v) is 13.4. The molecule has 4 rings (SSSR count). The maximum absolute atomic E-state index is 13.3. The minimum Gasteiger partial charge on any atom is -0.505 e. The molecule has 0 aliphatic rings. The van der Waals surface area contributed by atoms with Crippen molar-refractivity contribution in [3.05, 3.63) is 81.8 Å². The van der Waals surface area contributed by atoms with Gasteiger partial charge in [-0.25, -0.2) is 0 Å². The molecule has 0 aliphatic heterocycles. The summed E-state index contributed by atoms with van der Waals surface area (Å²) in [5.41, 5.74) is 0.485. The number of hydrogen-bond donors (Lipinski definition) is 3. The number of ether oxygens (including phenoxy) is 1. The number of aromatic hydroxyl groups is 1.